The molecule has 3 unspecified atom stereocenters. The van der Waals surface area contributed by atoms with E-state index < -0.39 is 0 Å². The monoisotopic (exact) mass is 267 g/mol. The fraction of sp³-hybridized carbons (Fsp3) is 0.857. The van der Waals surface area contributed by atoms with Crippen molar-refractivity contribution in [2.45, 2.75) is 58.0 Å². The predicted octanol–water partition coefficient (Wildman–Crippen LogP) is 2.79. The van der Waals surface area contributed by atoms with E-state index in [0.717, 1.165) is 18.7 Å². The third-order valence-electron chi connectivity index (χ3n) is 4.01. The largest absolute Gasteiger partial charge is 0.370 e. The molecule has 3 atom stereocenters. The lowest BCUT2D eigenvalue weighted by atomic mass is 9.79. The molecule has 2 rings (SSSR count). The molecule has 2 N–H and O–H groups in total. The molecular formula is C14H25N3O2. The standard InChI is InChI=1S/C14H25N3O2/c1-3-12(18-4-2)13-16-14(19-17-13)11-8-6-5-7-10(11)9-15/h10-12H,3-9,15H2,1-2H3. The van der Waals surface area contributed by atoms with Crippen molar-refractivity contribution in [3.8, 4) is 0 Å². The van der Waals surface area contributed by atoms with Gasteiger partial charge in [0, 0.05) is 12.5 Å². The van der Waals surface area contributed by atoms with Gasteiger partial charge in [0.15, 0.2) is 0 Å². The highest BCUT2D eigenvalue weighted by molar-refractivity contribution is 5.00. The fourth-order valence-corrected chi connectivity index (χ4v) is 2.92. The molecule has 1 fully saturated rings. The number of hydrogen-bond acceptors (Lipinski definition) is 5. The highest BCUT2D eigenvalue weighted by Crippen LogP contribution is 2.36. The van der Waals surface area contributed by atoms with Gasteiger partial charge in [0.05, 0.1) is 0 Å². The molecule has 1 aliphatic rings. The number of nitrogens with two attached hydrogens (primary N) is 1. The Kier molecular flexibility index (Phi) is 5.34. The van der Waals surface area contributed by atoms with Crippen molar-refractivity contribution in [2.24, 2.45) is 11.7 Å². The van der Waals surface area contributed by atoms with Crippen LogP contribution in [-0.2, 0) is 4.74 Å². The highest BCUT2D eigenvalue weighted by Gasteiger charge is 2.30. The minimum Gasteiger partial charge on any atom is -0.370 e. The third kappa shape index (κ3) is 3.34. The van der Waals surface area contributed by atoms with Crippen LogP contribution in [0.2, 0.25) is 0 Å². The van der Waals surface area contributed by atoms with Crippen molar-refractivity contribution in [3.05, 3.63) is 11.7 Å². The minimum atomic E-state index is -0.0533. The highest BCUT2D eigenvalue weighted by atomic mass is 16.5. The first kappa shape index (κ1) is 14.5. The molecule has 5 nitrogen and oxygen atoms in total. The quantitative estimate of drug-likeness (QED) is 0.857. The maximum atomic E-state index is 5.86. The van der Waals surface area contributed by atoms with E-state index in [1.54, 1.807) is 0 Å². The van der Waals surface area contributed by atoms with E-state index >= 15 is 0 Å². The van der Waals surface area contributed by atoms with E-state index in [9.17, 15) is 0 Å². The molecule has 0 spiro atoms. The Labute approximate surface area is 114 Å². The Bertz CT molecular complexity index is 381. The normalized spacial score (nSPS) is 25.4. The predicted molar refractivity (Wildman–Crippen MR) is 72.7 cm³/mol. The van der Waals surface area contributed by atoms with Crippen LogP contribution in [0.15, 0.2) is 4.52 Å². The zero-order valence-corrected chi connectivity index (χ0v) is 12.0. The molecular weight excluding hydrogens is 242 g/mol. The lowest BCUT2D eigenvalue weighted by Gasteiger charge is -2.27. The maximum absolute atomic E-state index is 5.86. The van der Waals surface area contributed by atoms with Crippen LogP contribution < -0.4 is 5.73 Å². The summed E-state index contributed by atoms with van der Waals surface area (Å²) in [5, 5.41) is 4.10. The second kappa shape index (κ2) is 7.01. The zero-order chi connectivity index (χ0) is 13.7. The van der Waals surface area contributed by atoms with Crippen molar-refractivity contribution in [1.29, 1.82) is 0 Å². The number of aromatic nitrogens is 2. The van der Waals surface area contributed by atoms with E-state index in [2.05, 4.69) is 17.1 Å². The van der Waals surface area contributed by atoms with Crippen LogP contribution in [-0.4, -0.2) is 23.3 Å². The Morgan fingerprint density at radius 1 is 1.37 bits per heavy atom. The van der Waals surface area contributed by atoms with Gasteiger partial charge in [-0.1, -0.05) is 24.9 Å². The third-order valence-corrected chi connectivity index (χ3v) is 4.01. The van der Waals surface area contributed by atoms with Gasteiger partial charge in [-0.2, -0.15) is 4.98 Å². The zero-order valence-electron chi connectivity index (χ0n) is 12.0. The molecule has 1 saturated carbocycles. The van der Waals surface area contributed by atoms with Gasteiger partial charge in [-0.15, -0.1) is 0 Å². The summed E-state index contributed by atoms with van der Waals surface area (Å²) in [5.74, 6) is 2.25. The number of ether oxygens (including phenoxy) is 1. The van der Waals surface area contributed by atoms with Crippen molar-refractivity contribution >= 4 is 0 Å². The average molecular weight is 267 g/mol. The van der Waals surface area contributed by atoms with Crippen LogP contribution in [0.5, 0.6) is 0 Å². The summed E-state index contributed by atoms with van der Waals surface area (Å²) < 4.78 is 11.1. The summed E-state index contributed by atoms with van der Waals surface area (Å²) in [6.45, 7) is 5.41. The van der Waals surface area contributed by atoms with E-state index in [-0.39, 0.29) is 6.10 Å². The number of nitrogens with zero attached hydrogens (tertiary/aromatic N) is 2. The molecule has 0 aromatic carbocycles. The lowest BCUT2D eigenvalue weighted by Crippen LogP contribution is -2.25. The Hall–Kier alpha value is -0.940. The molecule has 108 valence electrons. The van der Waals surface area contributed by atoms with Crippen LogP contribution >= 0.6 is 0 Å². The van der Waals surface area contributed by atoms with Gasteiger partial charge in [-0.25, -0.2) is 0 Å². The Morgan fingerprint density at radius 2 is 2.16 bits per heavy atom. The molecule has 1 aliphatic carbocycles. The Balaban J connectivity index is 2.10. The van der Waals surface area contributed by atoms with Gasteiger partial charge in [0.2, 0.25) is 11.7 Å². The van der Waals surface area contributed by atoms with Crippen molar-refractivity contribution in [2.75, 3.05) is 13.2 Å². The van der Waals surface area contributed by atoms with Gasteiger partial charge in [-0.05, 0) is 38.6 Å². The van der Waals surface area contributed by atoms with Crippen molar-refractivity contribution < 1.29 is 9.26 Å². The summed E-state index contributed by atoms with van der Waals surface area (Å²) in [6, 6.07) is 0. The van der Waals surface area contributed by atoms with Crippen molar-refractivity contribution in [1.82, 2.24) is 10.1 Å². The fourth-order valence-electron chi connectivity index (χ4n) is 2.92. The van der Waals surface area contributed by atoms with E-state index in [4.69, 9.17) is 15.0 Å². The van der Waals surface area contributed by atoms with Crippen LogP contribution in [0.25, 0.3) is 0 Å². The summed E-state index contributed by atoms with van der Waals surface area (Å²) >= 11 is 0. The van der Waals surface area contributed by atoms with Crippen molar-refractivity contribution in [3.63, 3.8) is 0 Å². The van der Waals surface area contributed by atoms with Gasteiger partial charge in [0.25, 0.3) is 0 Å². The molecule has 0 saturated heterocycles. The molecule has 1 aromatic heterocycles. The molecule has 5 heteroatoms. The summed E-state index contributed by atoms with van der Waals surface area (Å²) in [4.78, 5) is 4.56. The SMILES string of the molecule is CCOC(CC)c1noc(C2CCCCC2CN)n1. The lowest BCUT2D eigenvalue weighted by molar-refractivity contribution is 0.0518. The van der Waals surface area contributed by atoms with Gasteiger partial charge in [-0.3, -0.25) is 0 Å². The molecule has 0 radical (unpaired) electrons. The Morgan fingerprint density at radius 3 is 2.84 bits per heavy atom. The van der Waals surface area contributed by atoms with Gasteiger partial charge >= 0.3 is 0 Å². The molecule has 19 heavy (non-hydrogen) atoms. The molecule has 0 bridgehead atoms. The average Bonchev–Trinajstić information content (AvgIpc) is 2.94. The number of hydrogen-bond donors (Lipinski definition) is 1. The summed E-state index contributed by atoms with van der Waals surface area (Å²) in [6.07, 6.45) is 5.56. The van der Waals surface area contributed by atoms with Gasteiger partial charge in [0.1, 0.15) is 6.10 Å². The van der Waals surface area contributed by atoms with Gasteiger partial charge < -0.3 is 15.0 Å². The smallest absolute Gasteiger partial charge is 0.230 e. The first-order chi connectivity index (χ1) is 9.30. The first-order valence-electron chi connectivity index (χ1n) is 7.45. The topological polar surface area (TPSA) is 74.2 Å². The first-order valence-corrected chi connectivity index (χ1v) is 7.45. The second-order valence-electron chi connectivity index (χ2n) is 5.23. The van der Waals surface area contributed by atoms with E-state index in [1.165, 1.54) is 19.3 Å². The van der Waals surface area contributed by atoms with E-state index in [0.29, 0.717) is 30.8 Å². The molecule has 0 amide bonds. The number of rotatable bonds is 6. The van der Waals surface area contributed by atoms with Crippen LogP contribution in [0.3, 0.4) is 0 Å². The van der Waals surface area contributed by atoms with E-state index in [1.807, 2.05) is 6.92 Å². The minimum absolute atomic E-state index is 0.0533. The summed E-state index contributed by atoms with van der Waals surface area (Å²) in [7, 11) is 0. The molecule has 1 aromatic rings. The maximum Gasteiger partial charge on any atom is 0.230 e. The van der Waals surface area contributed by atoms with Crippen LogP contribution in [0.1, 0.15) is 69.7 Å². The van der Waals surface area contributed by atoms with Crippen LogP contribution in [0.4, 0.5) is 0 Å². The van der Waals surface area contributed by atoms with Crippen LogP contribution in [0, 0.1) is 5.92 Å². The second-order valence-corrected chi connectivity index (χ2v) is 5.23. The molecule has 0 aliphatic heterocycles. The summed E-state index contributed by atoms with van der Waals surface area (Å²) in [5.41, 5.74) is 5.86. The molecule has 1 heterocycles.